The number of ether oxygens (including phenoxy) is 1. The molecule has 0 saturated carbocycles. The number of carbonyl (C=O) groups is 1. The third kappa shape index (κ3) is 6.95. The maximum atomic E-state index is 12.3. The van der Waals surface area contributed by atoms with Gasteiger partial charge in [0.1, 0.15) is 0 Å². The van der Waals surface area contributed by atoms with Crippen LogP contribution < -0.4 is 0 Å². The van der Waals surface area contributed by atoms with Crippen molar-refractivity contribution in [2.24, 2.45) is 11.8 Å². The van der Waals surface area contributed by atoms with E-state index in [0.29, 0.717) is 12.5 Å². The van der Waals surface area contributed by atoms with Crippen LogP contribution in [-0.4, -0.2) is 12.4 Å². The van der Waals surface area contributed by atoms with Crippen LogP contribution in [-0.2, 0) is 9.53 Å². The fraction of sp³-hybridized carbons (Fsp3) is 0.409. The normalized spacial score (nSPS) is 18.2. The molecule has 1 aliphatic carbocycles. The van der Waals surface area contributed by atoms with E-state index in [1.165, 1.54) is 4.90 Å². The van der Waals surface area contributed by atoms with Gasteiger partial charge in [0.2, 0.25) is 0 Å². The van der Waals surface area contributed by atoms with Gasteiger partial charge in [-0.05, 0) is 37.3 Å². The maximum Gasteiger partial charge on any atom is 0.162 e. The second-order valence-corrected chi connectivity index (χ2v) is 7.90. The Labute approximate surface area is 156 Å². The third-order valence-electron chi connectivity index (χ3n) is 4.09. The number of benzene rings is 1. The lowest BCUT2D eigenvalue weighted by Crippen LogP contribution is -2.19. The summed E-state index contributed by atoms with van der Waals surface area (Å²) < 4.78 is 5.70. The summed E-state index contributed by atoms with van der Waals surface area (Å²) in [4.78, 5) is 14.6. The Morgan fingerprint density at radius 1 is 1.36 bits per heavy atom. The minimum atomic E-state index is 0.121. The average molecular weight is 357 g/mol. The van der Waals surface area contributed by atoms with Crippen molar-refractivity contribution in [1.82, 2.24) is 0 Å². The van der Waals surface area contributed by atoms with Gasteiger partial charge in [0.05, 0.1) is 12.4 Å². The molecule has 134 valence electrons. The molecule has 0 saturated heterocycles. The van der Waals surface area contributed by atoms with Gasteiger partial charge >= 0.3 is 0 Å². The molecule has 2 rings (SSSR count). The van der Waals surface area contributed by atoms with E-state index < -0.39 is 0 Å². The fourth-order valence-electron chi connectivity index (χ4n) is 2.70. The van der Waals surface area contributed by atoms with E-state index >= 15 is 0 Å². The van der Waals surface area contributed by atoms with E-state index in [9.17, 15) is 4.79 Å². The van der Waals surface area contributed by atoms with E-state index in [1.54, 1.807) is 17.8 Å². The van der Waals surface area contributed by atoms with Gasteiger partial charge in [0, 0.05) is 28.2 Å². The van der Waals surface area contributed by atoms with Crippen molar-refractivity contribution in [2.45, 2.75) is 44.4 Å². The molecule has 2 nitrogen and oxygen atoms in total. The minimum Gasteiger partial charge on any atom is -0.498 e. The van der Waals surface area contributed by atoms with Crippen LogP contribution in [0.4, 0.5) is 0 Å². The van der Waals surface area contributed by atoms with Crippen LogP contribution in [0.2, 0.25) is 0 Å². The van der Waals surface area contributed by atoms with Gasteiger partial charge in [0.15, 0.2) is 5.78 Å². The van der Waals surface area contributed by atoms with E-state index in [2.05, 4.69) is 38.6 Å². The first-order valence-corrected chi connectivity index (χ1v) is 9.83. The quantitative estimate of drug-likeness (QED) is 0.391. The van der Waals surface area contributed by atoms with Crippen LogP contribution in [0.15, 0.2) is 70.7 Å². The summed E-state index contributed by atoms with van der Waals surface area (Å²) >= 11 is 1.71. The highest BCUT2D eigenvalue weighted by molar-refractivity contribution is 8.03. The van der Waals surface area contributed by atoms with Crippen LogP contribution >= 0.6 is 11.8 Å². The molecule has 1 aromatic carbocycles. The molecule has 1 aromatic rings. The monoisotopic (exact) mass is 356 g/mol. The molecule has 0 N–H and O–H groups in total. The first kappa shape index (κ1) is 19.6. The predicted molar refractivity (Wildman–Crippen MR) is 106 cm³/mol. The lowest BCUT2D eigenvalue weighted by Gasteiger charge is -2.21. The Kier molecular flexibility index (Phi) is 8.07. The second kappa shape index (κ2) is 10.3. The molecule has 1 aliphatic rings. The number of rotatable bonds is 9. The highest BCUT2D eigenvalue weighted by Gasteiger charge is 2.22. The topological polar surface area (TPSA) is 26.3 Å². The first-order valence-electron chi connectivity index (χ1n) is 9.01. The van der Waals surface area contributed by atoms with Crippen molar-refractivity contribution < 1.29 is 9.53 Å². The van der Waals surface area contributed by atoms with Crippen LogP contribution in [0.3, 0.4) is 0 Å². The zero-order valence-electron chi connectivity index (χ0n) is 15.2. The molecular formula is C22H28O2S. The van der Waals surface area contributed by atoms with Crippen molar-refractivity contribution >= 4 is 17.5 Å². The Morgan fingerprint density at radius 2 is 2.12 bits per heavy atom. The molecule has 25 heavy (non-hydrogen) atoms. The Hall–Kier alpha value is -1.74. The lowest BCUT2D eigenvalue weighted by atomic mass is 9.88. The summed E-state index contributed by atoms with van der Waals surface area (Å²) in [6.07, 6.45) is 9.34. The molecule has 1 atom stereocenters. The highest BCUT2D eigenvalue weighted by atomic mass is 32.2. The number of hydrogen-bond acceptors (Lipinski definition) is 3. The number of carbonyl (C=O) groups excluding carboxylic acids is 1. The Bertz CT molecular complexity index is 629. The Morgan fingerprint density at radius 3 is 2.76 bits per heavy atom. The van der Waals surface area contributed by atoms with Crippen LogP contribution in [0.1, 0.15) is 39.5 Å². The van der Waals surface area contributed by atoms with Crippen molar-refractivity contribution in [3.8, 4) is 0 Å². The molecule has 0 heterocycles. The smallest absolute Gasteiger partial charge is 0.162 e. The summed E-state index contributed by atoms with van der Waals surface area (Å²) in [5.41, 5.74) is 0. The Balaban J connectivity index is 1.82. The summed E-state index contributed by atoms with van der Waals surface area (Å²) in [6, 6.07) is 10.3. The lowest BCUT2D eigenvalue weighted by molar-refractivity contribution is -0.119. The van der Waals surface area contributed by atoms with Crippen molar-refractivity contribution in [2.75, 3.05) is 6.61 Å². The first-order chi connectivity index (χ1) is 12.1. The molecule has 0 amide bonds. The molecule has 0 aromatic heterocycles. The van der Waals surface area contributed by atoms with Crippen molar-refractivity contribution in [3.63, 3.8) is 0 Å². The van der Waals surface area contributed by atoms with Gasteiger partial charge in [-0.3, -0.25) is 4.79 Å². The average Bonchev–Trinajstić information content (AvgIpc) is 2.61. The molecule has 0 radical (unpaired) electrons. The second-order valence-electron chi connectivity index (χ2n) is 6.76. The van der Waals surface area contributed by atoms with Gasteiger partial charge in [-0.15, -0.1) is 0 Å². The number of allylic oxidation sites excluding steroid dienone is 4. The summed E-state index contributed by atoms with van der Waals surface area (Å²) in [6.45, 7) is 8.82. The zero-order chi connectivity index (χ0) is 18.1. The molecule has 1 unspecified atom stereocenters. The fourth-order valence-corrected chi connectivity index (χ4v) is 3.55. The maximum absolute atomic E-state index is 12.3. The number of hydrogen-bond donors (Lipinski definition) is 0. The van der Waals surface area contributed by atoms with Crippen LogP contribution in [0.25, 0.3) is 0 Å². The standard InChI is InChI=1S/C22H28O2S/c1-4-20(25-21-10-6-5-7-11-21)12-8-9-18-13-14-19(15-22(18)23)24-16-17(2)3/h4-7,10-12,15,17-18H,1,8-9,13-14,16H2,2-3H3/b20-12-. The summed E-state index contributed by atoms with van der Waals surface area (Å²) in [7, 11) is 0. The van der Waals surface area contributed by atoms with Gasteiger partial charge in [-0.2, -0.15) is 0 Å². The van der Waals surface area contributed by atoms with Gasteiger partial charge < -0.3 is 4.74 Å². The molecule has 0 aliphatic heterocycles. The molecule has 0 spiro atoms. The van der Waals surface area contributed by atoms with Crippen molar-refractivity contribution in [1.29, 1.82) is 0 Å². The van der Waals surface area contributed by atoms with E-state index in [1.807, 2.05) is 24.3 Å². The largest absolute Gasteiger partial charge is 0.498 e. The van der Waals surface area contributed by atoms with Gasteiger partial charge in [-0.1, -0.05) is 62.5 Å². The molecule has 3 heteroatoms. The van der Waals surface area contributed by atoms with Crippen LogP contribution in [0, 0.1) is 11.8 Å². The number of ketones is 1. The summed E-state index contributed by atoms with van der Waals surface area (Å²) in [5.74, 6) is 1.68. The zero-order valence-corrected chi connectivity index (χ0v) is 16.1. The SMILES string of the molecule is C=C/C(=C/CCC1CCC(OCC(C)C)=CC1=O)Sc1ccccc1. The minimum absolute atomic E-state index is 0.121. The third-order valence-corrected chi connectivity index (χ3v) is 5.16. The molecule has 0 bridgehead atoms. The van der Waals surface area contributed by atoms with Crippen molar-refractivity contribution in [3.05, 3.63) is 65.8 Å². The summed E-state index contributed by atoms with van der Waals surface area (Å²) in [5, 5.41) is 0. The molecular weight excluding hydrogens is 328 g/mol. The van der Waals surface area contributed by atoms with E-state index in [-0.39, 0.29) is 11.7 Å². The predicted octanol–water partition coefficient (Wildman–Crippen LogP) is 6.16. The van der Waals surface area contributed by atoms with Gasteiger partial charge in [0.25, 0.3) is 0 Å². The molecule has 0 fully saturated rings. The van der Waals surface area contributed by atoms with Gasteiger partial charge in [-0.25, -0.2) is 0 Å². The number of thioether (sulfide) groups is 1. The van der Waals surface area contributed by atoms with E-state index in [0.717, 1.165) is 36.3 Å². The highest BCUT2D eigenvalue weighted by Crippen LogP contribution is 2.29. The van der Waals surface area contributed by atoms with Crippen LogP contribution in [0.5, 0.6) is 0 Å². The van der Waals surface area contributed by atoms with E-state index in [4.69, 9.17) is 4.74 Å².